The molecular weight excluding hydrogens is 280 g/mol. The number of rotatable bonds is 5. The smallest absolute Gasteiger partial charge is 0.253 e. The minimum absolute atomic E-state index is 0.0483. The molecule has 1 aliphatic rings. The number of β-amino-alcohol motifs (C(OH)–C–C–N with tert-alkyl or cyclic N) is 1. The third-order valence-corrected chi connectivity index (χ3v) is 3.87. The summed E-state index contributed by atoms with van der Waals surface area (Å²) in [5.41, 5.74) is 2.83. The molecule has 2 rings (SSSR count). The molecule has 1 atom stereocenters. The molecule has 5 nitrogen and oxygen atoms in total. The molecule has 5 heteroatoms. The molecule has 122 valence electrons. The molecule has 0 aromatic heterocycles. The van der Waals surface area contributed by atoms with Crippen LogP contribution in [0.5, 0.6) is 0 Å². The molecule has 0 saturated carbocycles. The maximum Gasteiger partial charge on any atom is 0.253 e. The Morgan fingerprint density at radius 1 is 1.27 bits per heavy atom. The highest BCUT2D eigenvalue weighted by molar-refractivity contribution is 5.94. The Labute approximate surface area is 132 Å². The van der Waals surface area contributed by atoms with E-state index in [1.807, 2.05) is 32.0 Å². The topological polar surface area (TPSA) is 53.0 Å². The maximum atomic E-state index is 12.5. The number of ether oxygens (including phenoxy) is 1. The van der Waals surface area contributed by atoms with E-state index in [2.05, 4.69) is 4.90 Å². The van der Waals surface area contributed by atoms with Crippen molar-refractivity contribution in [2.24, 2.45) is 0 Å². The van der Waals surface area contributed by atoms with Crippen LogP contribution in [-0.4, -0.2) is 73.4 Å². The molecule has 1 aromatic carbocycles. The number of aryl methyl sites for hydroxylation is 2. The second-order valence-electron chi connectivity index (χ2n) is 6.13. The Balaban J connectivity index is 1.89. The summed E-state index contributed by atoms with van der Waals surface area (Å²) < 4.78 is 5.29. The molecule has 1 aliphatic heterocycles. The average molecular weight is 306 g/mol. The van der Waals surface area contributed by atoms with Gasteiger partial charge in [-0.25, -0.2) is 0 Å². The molecule has 1 fully saturated rings. The van der Waals surface area contributed by atoms with Gasteiger partial charge >= 0.3 is 0 Å². The van der Waals surface area contributed by atoms with Crippen LogP contribution < -0.4 is 0 Å². The normalized spacial score (nSPS) is 17.3. The molecule has 1 unspecified atom stereocenters. The van der Waals surface area contributed by atoms with Crippen LogP contribution in [0.2, 0.25) is 0 Å². The standard InChI is InChI=1S/C17H26N2O3/c1-13-8-14(2)10-15(9-13)17(21)18(3)11-16(20)12-19-4-6-22-7-5-19/h8-10,16,20H,4-7,11-12H2,1-3H3. The summed E-state index contributed by atoms with van der Waals surface area (Å²) >= 11 is 0. The third kappa shape index (κ3) is 4.80. The van der Waals surface area contributed by atoms with Crippen molar-refractivity contribution in [3.63, 3.8) is 0 Å². The van der Waals surface area contributed by atoms with E-state index < -0.39 is 6.10 Å². The van der Waals surface area contributed by atoms with Crippen molar-refractivity contribution >= 4 is 5.91 Å². The molecule has 0 bridgehead atoms. The second kappa shape index (κ2) is 7.72. The lowest BCUT2D eigenvalue weighted by molar-refractivity contribution is 0.00879. The summed E-state index contributed by atoms with van der Waals surface area (Å²) in [6.45, 7) is 7.98. The van der Waals surface area contributed by atoms with Crippen molar-refractivity contribution in [3.8, 4) is 0 Å². The van der Waals surface area contributed by atoms with Crippen molar-refractivity contribution in [2.45, 2.75) is 20.0 Å². The van der Waals surface area contributed by atoms with Gasteiger partial charge in [-0.1, -0.05) is 17.2 Å². The molecule has 0 spiro atoms. The number of amides is 1. The van der Waals surface area contributed by atoms with Gasteiger partial charge in [0.1, 0.15) is 0 Å². The minimum atomic E-state index is -0.544. The molecule has 1 amide bonds. The Kier molecular flexibility index (Phi) is 5.94. The van der Waals surface area contributed by atoms with Crippen LogP contribution in [0.4, 0.5) is 0 Å². The van der Waals surface area contributed by atoms with E-state index in [4.69, 9.17) is 4.74 Å². The average Bonchev–Trinajstić information content (AvgIpc) is 2.46. The second-order valence-corrected chi connectivity index (χ2v) is 6.13. The number of aliphatic hydroxyl groups excluding tert-OH is 1. The molecule has 0 aliphatic carbocycles. The van der Waals surface area contributed by atoms with Crippen molar-refractivity contribution in [3.05, 3.63) is 34.9 Å². The summed E-state index contributed by atoms with van der Waals surface area (Å²) in [6.07, 6.45) is -0.544. The zero-order chi connectivity index (χ0) is 16.1. The molecule has 1 heterocycles. The van der Waals surface area contributed by atoms with Crippen molar-refractivity contribution < 1.29 is 14.6 Å². The van der Waals surface area contributed by atoms with Crippen LogP contribution in [0.15, 0.2) is 18.2 Å². The number of morpholine rings is 1. The van der Waals surface area contributed by atoms with Crippen LogP contribution in [0.3, 0.4) is 0 Å². The SMILES string of the molecule is Cc1cc(C)cc(C(=O)N(C)CC(O)CN2CCOCC2)c1. The van der Waals surface area contributed by atoms with Gasteiger partial charge in [0.2, 0.25) is 0 Å². The van der Waals surface area contributed by atoms with E-state index in [-0.39, 0.29) is 5.91 Å². The Bertz CT molecular complexity index is 492. The number of hydrogen-bond acceptors (Lipinski definition) is 4. The monoisotopic (exact) mass is 306 g/mol. The van der Waals surface area contributed by atoms with Crippen molar-refractivity contribution in [1.82, 2.24) is 9.80 Å². The molecular formula is C17H26N2O3. The van der Waals surface area contributed by atoms with Gasteiger partial charge in [-0.05, 0) is 26.0 Å². The number of benzene rings is 1. The van der Waals surface area contributed by atoms with Crippen LogP contribution in [0, 0.1) is 13.8 Å². The predicted molar refractivity (Wildman–Crippen MR) is 86.1 cm³/mol. The number of aliphatic hydroxyl groups is 1. The van der Waals surface area contributed by atoms with Crippen LogP contribution >= 0.6 is 0 Å². The summed E-state index contributed by atoms with van der Waals surface area (Å²) in [5.74, 6) is -0.0483. The van der Waals surface area contributed by atoms with Gasteiger partial charge in [-0.3, -0.25) is 9.69 Å². The highest BCUT2D eigenvalue weighted by Gasteiger charge is 2.19. The lowest BCUT2D eigenvalue weighted by atomic mass is 10.1. The van der Waals surface area contributed by atoms with E-state index in [1.54, 1.807) is 11.9 Å². The van der Waals surface area contributed by atoms with Gasteiger partial charge < -0.3 is 14.7 Å². The molecule has 1 N–H and O–H groups in total. The number of carbonyl (C=O) groups excluding carboxylic acids is 1. The van der Waals surface area contributed by atoms with Crippen molar-refractivity contribution in [2.75, 3.05) is 46.4 Å². The first-order chi connectivity index (χ1) is 10.5. The minimum Gasteiger partial charge on any atom is -0.390 e. The number of nitrogens with zero attached hydrogens (tertiary/aromatic N) is 2. The highest BCUT2D eigenvalue weighted by Crippen LogP contribution is 2.11. The van der Waals surface area contributed by atoms with Gasteiger partial charge in [0.05, 0.1) is 19.3 Å². The lowest BCUT2D eigenvalue weighted by Crippen LogP contribution is -2.45. The van der Waals surface area contributed by atoms with Gasteiger partial charge in [0, 0.05) is 38.8 Å². The van der Waals surface area contributed by atoms with E-state index in [0.29, 0.717) is 31.9 Å². The van der Waals surface area contributed by atoms with Crippen LogP contribution in [0.1, 0.15) is 21.5 Å². The molecule has 1 aromatic rings. The Hall–Kier alpha value is -1.43. The fourth-order valence-corrected chi connectivity index (χ4v) is 2.86. The summed E-state index contributed by atoms with van der Waals surface area (Å²) in [7, 11) is 1.74. The van der Waals surface area contributed by atoms with E-state index in [0.717, 1.165) is 24.2 Å². The molecule has 1 saturated heterocycles. The zero-order valence-electron chi connectivity index (χ0n) is 13.7. The van der Waals surface area contributed by atoms with Gasteiger partial charge in [-0.2, -0.15) is 0 Å². The maximum absolute atomic E-state index is 12.5. The van der Waals surface area contributed by atoms with Gasteiger partial charge in [0.25, 0.3) is 5.91 Å². The fraction of sp³-hybridized carbons (Fsp3) is 0.588. The number of hydrogen-bond donors (Lipinski definition) is 1. The summed E-state index contributed by atoms with van der Waals surface area (Å²) in [5, 5.41) is 10.2. The third-order valence-electron chi connectivity index (χ3n) is 3.87. The van der Waals surface area contributed by atoms with E-state index in [1.165, 1.54) is 0 Å². The number of likely N-dealkylation sites (N-methyl/N-ethyl adjacent to an activating group) is 1. The highest BCUT2D eigenvalue weighted by atomic mass is 16.5. The quantitative estimate of drug-likeness (QED) is 0.884. The van der Waals surface area contributed by atoms with E-state index >= 15 is 0 Å². The first-order valence-corrected chi connectivity index (χ1v) is 7.77. The fourth-order valence-electron chi connectivity index (χ4n) is 2.86. The molecule has 0 radical (unpaired) electrons. The first-order valence-electron chi connectivity index (χ1n) is 7.77. The van der Waals surface area contributed by atoms with E-state index in [9.17, 15) is 9.90 Å². The van der Waals surface area contributed by atoms with Crippen molar-refractivity contribution in [1.29, 1.82) is 0 Å². The zero-order valence-corrected chi connectivity index (χ0v) is 13.7. The lowest BCUT2D eigenvalue weighted by Gasteiger charge is -2.30. The number of carbonyl (C=O) groups is 1. The van der Waals surface area contributed by atoms with Crippen LogP contribution in [0.25, 0.3) is 0 Å². The molecule has 22 heavy (non-hydrogen) atoms. The predicted octanol–water partition coefficient (Wildman–Crippen LogP) is 1.07. The first kappa shape index (κ1) is 16.9. The Morgan fingerprint density at radius 2 is 1.86 bits per heavy atom. The van der Waals surface area contributed by atoms with Crippen LogP contribution in [-0.2, 0) is 4.74 Å². The summed E-state index contributed by atoms with van der Waals surface area (Å²) in [4.78, 5) is 16.2. The summed E-state index contributed by atoms with van der Waals surface area (Å²) in [6, 6.07) is 5.82. The Morgan fingerprint density at radius 3 is 2.45 bits per heavy atom. The largest absolute Gasteiger partial charge is 0.390 e. The van der Waals surface area contributed by atoms with Gasteiger partial charge in [0.15, 0.2) is 0 Å². The van der Waals surface area contributed by atoms with Gasteiger partial charge in [-0.15, -0.1) is 0 Å².